The van der Waals surface area contributed by atoms with Gasteiger partial charge in [-0.1, -0.05) is 33.6 Å². The molecular formula is C16H15BrFNO. The molecule has 0 saturated carbocycles. The van der Waals surface area contributed by atoms with Gasteiger partial charge >= 0.3 is 0 Å². The summed E-state index contributed by atoms with van der Waals surface area (Å²) in [4.78, 5) is 0. The molecule has 4 heteroatoms. The molecule has 104 valence electrons. The van der Waals surface area contributed by atoms with E-state index in [0.29, 0.717) is 6.42 Å². The third kappa shape index (κ3) is 2.45. The van der Waals surface area contributed by atoms with Crippen LogP contribution in [0, 0.1) is 12.7 Å². The number of hydrogen-bond donors (Lipinski definition) is 1. The minimum absolute atomic E-state index is 0.0983. The van der Waals surface area contributed by atoms with Gasteiger partial charge in [-0.2, -0.15) is 0 Å². The lowest BCUT2D eigenvalue weighted by molar-refractivity contribution is 0.160. The maximum absolute atomic E-state index is 13.4. The van der Waals surface area contributed by atoms with Crippen LogP contribution in [0.25, 0.3) is 0 Å². The Balaban J connectivity index is 1.99. The molecule has 0 aromatic heterocycles. The number of ether oxygens (including phenoxy) is 1. The van der Waals surface area contributed by atoms with Gasteiger partial charge in [0.1, 0.15) is 17.7 Å². The lowest BCUT2D eigenvalue weighted by Crippen LogP contribution is -2.24. The van der Waals surface area contributed by atoms with Crippen LogP contribution in [-0.4, -0.2) is 0 Å². The van der Waals surface area contributed by atoms with Crippen molar-refractivity contribution >= 4 is 15.9 Å². The number of aryl methyl sites for hydroxylation is 1. The van der Waals surface area contributed by atoms with Gasteiger partial charge in [-0.25, -0.2) is 4.39 Å². The van der Waals surface area contributed by atoms with Gasteiger partial charge in [0.05, 0.1) is 0 Å². The topological polar surface area (TPSA) is 35.2 Å². The maximum Gasteiger partial charge on any atom is 0.127 e. The molecule has 2 N–H and O–H groups in total. The van der Waals surface area contributed by atoms with E-state index in [4.69, 9.17) is 10.5 Å². The highest BCUT2D eigenvalue weighted by Gasteiger charge is 2.28. The second kappa shape index (κ2) is 5.19. The summed E-state index contributed by atoms with van der Waals surface area (Å²) in [7, 11) is 0. The molecule has 1 unspecified atom stereocenters. The van der Waals surface area contributed by atoms with Crippen molar-refractivity contribution in [2.24, 2.45) is 5.73 Å². The van der Waals surface area contributed by atoms with Crippen molar-refractivity contribution < 1.29 is 9.13 Å². The number of hydrogen-bond acceptors (Lipinski definition) is 2. The largest absolute Gasteiger partial charge is 0.485 e. The molecule has 0 saturated heterocycles. The molecule has 1 aliphatic heterocycles. The van der Waals surface area contributed by atoms with Gasteiger partial charge in [-0.15, -0.1) is 0 Å². The van der Waals surface area contributed by atoms with E-state index in [1.807, 2.05) is 19.1 Å². The zero-order valence-electron chi connectivity index (χ0n) is 11.1. The number of nitrogens with two attached hydrogens (primary N) is 1. The highest BCUT2D eigenvalue weighted by atomic mass is 79.9. The first-order valence-electron chi connectivity index (χ1n) is 6.52. The van der Waals surface area contributed by atoms with Crippen molar-refractivity contribution in [3.8, 4) is 5.75 Å². The molecule has 0 amide bonds. The summed E-state index contributed by atoms with van der Waals surface area (Å²) in [5.74, 6) is 0.519. The highest BCUT2D eigenvalue weighted by molar-refractivity contribution is 9.10. The first-order valence-corrected chi connectivity index (χ1v) is 7.31. The fraction of sp³-hybridized carbons (Fsp3) is 0.250. The van der Waals surface area contributed by atoms with Crippen molar-refractivity contribution in [3.63, 3.8) is 0 Å². The van der Waals surface area contributed by atoms with Crippen LogP contribution in [0.4, 0.5) is 4.39 Å². The Bertz CT molecular complexity index is 659. The van der Waals surface area contributed by atoms with Gasteiger partial charge in [-0.05, 0) is 31.2 Å². The predicted molar refractivity (Wildman–Crippen MR) is 80.2 cm³/mol. The van der Waals surface area contributed by atoms with E-state index in [-0.39, 0.29) is 18.0 Å². The fourth-order valence-electron chi connectivity index (χ4n) is 2.58. The van der Waals surface area contributed by atoms with Gasteiger partial charge in [0.2, 0.25) is 0 Å². The molecule has 2 nitrogen and oxygen atoms in total. The molecule has 2 atom stereocenters. The van der Waals surface area contributed by atoms with E-state index in [9.17, 15) is 4.39 Å². The standard InChI is InChI=1S/C16H15BrFNO/c1-9-2-5-15-12(6-9)14(19)8-16(20-15)11-7-10(18)3-4-13(11)17/h2-7,14,16H,8,19H2,1H3/t14-,16?/m1/s1. The van der Waals surface area contributed by atoms with Gasteiger partial charge in [0, 0.05) is 28.1 Å². The second-order valence-corrected chi connectivity index (χ2v) is 6.01. The minimum atomic E-state index is -0.268. The Morgan fingerprint density at radius 1 is 1.20 bits per heavy atom. The summed E-state index contributed by atoms with van der Waals surface area (Å²) in [5.41, 5.74) is 9.22. The lowest BCUT2D eigenvalue weighted by atomic mass is 9.92. The van der Waals surface area contributed by atoms with Crippen LogP contribution in [0.3, 0.4) is 0 Å². The molecule has 0 fully saturated rings. The summed E-state index contributed by atoms with van der Waals surface area (Å²) in [6, 6.07) is 10.5. The number of fused-ring (bicyclic) bond motifs is 1. The second-order valence-electron chi connectivity index (χ2n) is 5.16. The smallest absolute Gasteiger partial charge is 0.127 e. The SMILES string of the molecule is Cc1ccc2c(c1)[C@H](N)CC(c1cc(F)ccc1Br)O2. The molecular weight excluding hydrogens is 321 g/mol. The zero-order valence-corrected chi connectivity index (χ0v) is 12.7. The van der Waals surface area contributed by atoms with Crippen molar-refractivity contribution in [1.82, 2.24) is 0 Å². The van der Waals surface area contributed by atoms with Crippen LogP contribution in [-0.2, 0) is 0 Å². The Labute approximate surface area is 125 Å². The fourth-order valence-corrected chi connectivity index (χ4v) is 3.08. The molecule has 0 spiro atoms. The van der Waals surface area contributed by atoms with Crippen LogP contribution in [0.5, 0.6) is 5.75 Å². The van der Waals surface area contributed by atoms with Crippen LogP contribution in [0.15, 0.2) is 40.9 Å². The zero-order chi connectivity index (χ0) is 14.3. The van der Waals surface area contributed by atoms with E-state index in [2.05, 4.69) is 22.0 Å². The van der Waals surface area contributed by atoms with Crippen LogP contribution in [0.1, 0.15) is 35.3 Å². The predicted octanol–water partition coefficient (Wildman–Crippen LogP) is 4.42. The molecule has 2 aromatic carbocycles. The van der Waals surface area contributed by atoms with Crippen molar-refractivity contribution in [2.75, 3.05) is 0 Å². The van der Waals surface area contributed by atoms with Gasteiger partial charge in [-0.3, -0.25) is 0 Å². The summed E-state index contributed by atoms with van der Waals surface area (Å²) in [6.45, 7) is 2.03. The van der Waals surface area contributed by atoms with E-state index in [1.165, 1.54) is 12.1 Å². The summed E-state index contributed by atoms with van der Waals surface area (Å²) in [5, 5.41) is 0. The van der Waals surface area contributed by atoms with E-state index < -0.39 is 0 Å². The summed E-state index contributed by atoms with van der Waals surface area (Å²) >= 11 is 3.45. The molecule has 3 rings (SSSR count). The first-order chi connectivity index (χ1) is 9.54. The van der Waals surface area contributed by atoms with E-state index in [0.717, 1.165) is 26.9 Å². The van der Waals surface area contributed by atoms with Crippen LogP contribution >= 0.6 is 15.9 Å². The number of halogens is 2. The van der Waals surface area contributed by atoms with Gasteiger partial charge in [0.15, 0.2) is 0 Å². The molecule has 0 aliphatic carbocycles. The lowest BCUT2D eigenvalue weighted by Gasteiger charge is -2.31. The third-order valence-corrected chi connectivity index (χ3v) is 4.33. The Kier molecular flexibility index (Phi) is 3.52. The van der Waals surface area contributed by atoms with Crippen LogP contribution in [0.2, 0.25) is 0 Å². The Hall–Kier alpha value is -1.39. The average molecular weight is 336 g/mol. The van der Waals surface area contributed by atoms with E-state index in [1.54, 1.807) is 6.07 Å². The highest BCUT2D eigenvalue weighted by Crippen LogP contribution is 2.41. The summed E-state index contributed by atoms with van der Waals surface area (Å²) in [6.07, 6.45) is 0.406. The summed E-state index contributed by atoms with van der Waals surface area (Å²) < 4.78 is 20.3. The van der Waals surface area contributed by atoms with Crippen molar-refractivity contribution in [3.05, 3.63) is 63.4 Å². The monoisotopic (exact) mass is 335 g/mol. The first kappa shape index (κ1) is 13.6. The van der Waals surface area contributed by atoms with Gasteiger partial charge in [0.25, 0.3) is 0 Å². The Morgan fingerprint density at radius 2 is 2.00 bits per heavy atom. The van der Waals surface area contributed by atoms with Crippen LogP contribution < -0.4 is 10.5 Å². The van der Waals surface area contributed by atoms with Crippen molar-refractivity contribution in [1.29, 1.82) is 0 Å². The quantitative estimate of drug-likeness (QED) is 0.837. The molecule has 0 radical (unpaired) electrons. The van der Waals surface area contributed by atoms with E-state index >= 15 is 0 Å². The Morgan fingerprint density at radius 3 is 2.80 bits per heavy atom. The molecule has 20 heavy (non-hydrogen) atoms. The maximum atomic E-state index is 13.4. The third-order valence-electron chi connectivity index (χ3n) is 3.61. The van der Waals surface area contributed by atoms with Crippen molar-refractivity contribution in [2.45, 2.75) is 25.5 Å². The molecule has 1 aliphatic rings. The average Bonchev–Trinajstić information content (AvgIpc) is 2.42. The number of rotatable bonds is 1. The molecule has 2 aromatic rings. The minimum Gasteiger partial charge on any atom is -0.485 e. The molecule has 1 heterocycles. The van der Waals surface area contributed by atoms with Gasteiger partial charge < -0.3 is 10.5 Å². The number of benzene rings is 2. The molecule has 0 bridgehead atoms. The normalized spacial score (nSPS) is 21.2.